The number of aromatic nitrogens is 2. The molecule has 1 amide bonds. The third-order valence-electron chi connectivity index (χ3n) is 5.41. The van der Waals surface area contributed by atoms with Gasteiger partial charge in [-0.3, -0.25) is 4.79 Å². The quantitative estimate of drug-likeness (QED) is 0.473. The number of ether oxygens (including phenoxy) is 2. The first-order valence-electron chi connectivity index (χ1n) is 10.6. The van der Waals surface area contributed by atoms with Gasteiger partial charge in [0, 0.05) is 24.7 Å². The topological polar surface area (TPSA) is 65.4 Å². The molecule has 0 aliphatic carbocycles. The number of aryl methyl sites for hydroxylation is 1. The van der Waals surface area contributed by atoms with E-state index in [4.69, 9.17) is 14.6 Å². The lowest BCUT2D eigenvalue weighted by Gasteiger charge is -2.07. The summed E-state index contributed by atoms with van der Waals surface area (Å²) in [5.74, 6) is 1.45. The van der Waals surface area contributed by atoms with E-state index in [9.17, 15) is 4.79 Å². The molecule has 0 spiro atoms. The van der Waals surface area contributed by atoms with Crippen LogP contribution in [0.3, 0.4) is 0 Å². The van der Waals surface area contributed by atoms with Crippen molar-refractivity contribution in [2.75, 3.05) is 6.79 Å². The average molecular weight is 425 g/mol. The van der Waals surface area contributed by atoms with Crippen LogP contribution >= 0.6 is 0 Å². The summed E-state index contributed by atoms with van der Waals surface area (Å²) >= 11 is 0. The number of fused-ring (bicyclic) bond motifs is 1. The van der Waals surface area contributed by atoms with Gasteiger partial charge in [0.15, 0.2) is 11.5 Å². The normalized spacial score (nSPS) is 12.0. The highest BCUT2D eigenvalue weighted by atomic mass is 16.7. The van der Waals surface area contributed by atoms with Crippen LogP contribution in [-0.2, 0) is 17.8 Å². The molecule has 4 aromatic rings. The van der Waals surface area contributed by atoms with E-state index in [1.54, 1.807) is 0 Å². The lowest BCUT2D eigenvalue weighted by Crippen LogP contribution is -2.23. The number of para-hydroxylation sites is 1. The monoisotopic (exact) mass is 425 g/mol. The van der Waals surface area contributed by atoms with Gasteiger partial charge in [-0.25, -0.2) is 4.68 Å². The molecule has 1 aromatic heterocycles. The van der Waals surface area contributed by atoms with Crippen LogP contribution in [0.15, 0.2) is 85.1 Å². The molecule has 6 nitrogen and oxygen atoms in total. The van der Waals surface area contributed by atoms with Crippen LogP contribution in [-0.4, -0.2) is 22.5 Å². The minimum absolute atomic E-state index is 0.00543. The summed E-state index contributed by atoms with van der Waals surface area (Å²) in [5.41, 5.74) is 4.95. The Morgan fingerprint density at radius 1 is 0.938 bits per heavy atom. The standard InChI is InChI=1S/C26H23N3O3/c30-25(27-16-19-11-13-23-24(15-19)32-18-31-23)14-12-21-17-29(22-9-5-2-6-10-22)28-26(21)20-7-3-1-4-8-20/h1-11,13,15,17H,12,14,16,18H2,(H,27,30). The fraction of sp³-hybridized carbons (Fsp3) is 0.154. The predicted octanol–water partition coefficient (Wildman–Crippen LogP) is 4.52. The van der Waals surface area contributed by atoms with E-state index in [2.05, 4.69) is 5.32 Å². The number of nitrogens with one attached hydrogen (secondary N) is 1. The molecule has 160 valence electrons. The van der Waals surface area contributed by atoms with Crippen molar-refractivity contribution in [2.24, 2.45) is 0 Å². The second-order valence-electron chi connectivity index (χ2n) is 7.61. The number of nitrogens with zero attached hydrogens (tertiary/aromatic N) is 2. The second-order valence-corrected chi connectivity index (χ2v) is 7.61. The number of carbonyl (C=O) groups excluding carboxylic acids is 1. The molecule has 0 bridgehead atoms. The molecule has 0 saturated heterocycles. The minimum atomic E-state index is -0.00543. The summed E-state index contributed by atoms with van der Waals surface area (Å²) in [7, 11) is 0. The molecular weight excluding hydrogens is 402 g/mol. The molecule has 3 aromatic carbocycles. The van der Waals surface area contributed by atoms with Gasteiger partial charge in [-0.1, -0.05) is 54.6 Å². The first-order chi connectivity index (χ1) is 15.8. The number of hydrogen-bond donors (Lipinski definition) is 1. The number of carbonyl (C=O) groups is 1. The maximum absolute atomic E-state index is 12.6. The summed E-state index contributed by atoms with van der Waals surface area (Å²) in [6.07, 6.45) is 3.00. The van der Waals surface area contributed by atoms with Gasteiger partial charge >= 0.3 is 0 Å². The van der Waals surface area contributed by atoms with E-state index < -0.39 is 0 Å². The van der Waals surface area contributed by atoms with Crippen LogP contribution < -0.4 is 14.8 Å². The smallest absolute Gasteiger partial charge is 0.231 e. The summed E-state index contributed by atoms with van der Waals surface area (Å²) in [4.78, 5) is 12.6. The Balaban J connectivity index is 1.28. The minimum Gasteiger partial charge on any atom is -0.454 e. The van der Waals surface area contributed by atoms with Gasteiger partial charge in [0.25, 0.3) is 0 Å². The molecule has 0 atom stereocenters. The molecule has 1 aliphatic rings. The number of hydrogen-bond acceptors (Lipinski definition) is 4. The van der Waals surface area contributed by atoms with Crippen LogP contribution in [0.2, 0.25) is 0 Å². The highest BCUT2D eigenvalue weighted by Crippen LogP contribution is 2.32. The zero-order valence-electron chi connectivity index (χ0n) is 17.5. The summed E-state index contributed by atoms with van der Waals surface area (Å²) in [5, 5.41) is 7.81. The van der Waals surface area contributed by atoms with Gasteiger partial charge in [0.2, 0.25) is 12.7 Å². The highest BCUT2D eigenvalue weighted by molar-refractivity contribution is 5.76. The van der Waals surface area contributed by atoms with Crippen LogP contribution in [0.4, 0.5) is 0 Å². The zero-order valence-corrected chi connectivity index (χ0v) is 17.5. The average Bonchev–Trinajstić information content (AvgIpc) is 3.49. The Morgan fingerprint density at radius 3 is 2.50 bits per heavy atom. The molecule has 0 radical (unpaired) electrons. The van der Waals surface area contributed by atoms with Crippen molar-refractivity contribution in [2.45, 2.75) is 19.4 Å². The molecule has 0 unspecified atom stereocenters. The molecule has 6 heteroatoms. The van der Waals surface area contributed by atoms with E-state index in [1.165, 1.54) is 0 Å². The van der Waals surface area contributed by atoms with Gasteiger partial charge < -0.3 is 14.8 Å². The molecule has 0 saturated carbocycles. The molecular formula is C26H23N3O3. The largest absolute Gasteiger partial charge is 0.454 e. The van der Waals surface area contributed by atoms with Crippen molar-refractivity contribution in [3.63, 3.8) is 0 Å². The molecule has 1 N–H and O–H groups in total. The third kappa shape index (κ3) is 4.34. The van der Waals surface area contributed by atoms with E-state index >= 15 is 0 Å². The lowest BCUT2D eigenvalue weighted by atomic mass is 10.0. The number of benzene rings is 3. The predicted molar refractivity (Wildman–Crippen MR) is 122 cm³/mol. The van der Waals surface area contributed by atoms with Crippen molar-refractivity contribution in [3.05, 3.63) is 96.2 Å². The van der Waals surface area contributed by atoms with Crippen LogP contribution in [0.1, 0.15) is 17.5 Å². The maximum Gasteiger partial charge on any atom is 0.231 e. The molecule has 1 aliphatic heterocycles. The van der Waals surface area contributed by atoms with Crippen molar-refractivity contribution >= 4 is 5.91 Å². The summed E-state index contributed by atoms with van der Waals surface area (Å²) < 4.78 is 12.6. The van der Waals surface area contributed by atoms with Gasteiger partial charge in [-0.15, -0.1) is 0 Å². The Bertz CT molecular complexity index is 1220. The Labute approximate surface area is 186 Å². The fourth-order valence-corrected chi connectivity index (χ4v) is 3.73. The zero-order chi connectivity index (χ0) is 21.8. The Kier molecular flexibility index (Phi) is 5.58. The molecule has 5 rings (SSSR count). The summed E-state index contributed by atoms with van der Waals surface area (Å²) in [6.45, 7) is 0.690. The SMILES string of the molecule is O=C(CCc1cn(-c2ccccc2)nc1-c1ccccc1)NCc1ccc2c(c1)OCO2. The van der Waals surface area contributed by atoms with E-state index in [-0.39, 0.29) is 12.7 Å². The van der Waals surface area contributed by atoms with Crippen LogP contribution in [0.5, 0.6) is 11.5 Å². The maximum atomic E-state index is 12.6. The molecule has 2 heterocycles. The summed E-state index contributed by atoms with van der Waals surface area (Å²) in [6, 6.07) is 25.8. The Morgan fingerprint density at radius 2 is 1.69 bits per heavy atom. The lowest BCUT2D eigenvalue weighted by molar-refractivity contribution is -0.121. The van der Waals surface area contributed by atoms with E-state index in [1.807, 2.05) is 89.7 Å². The highest BCUT2D eigenvalue weighted by Gasteiger charge is 2.15. The fourth-order valence-electron chi connectivity index (χ4n) is 3.73. The van der Waals surface area contributed by atoms with Crippen molar-refractivity contribution in [1.82, 2.24) is 15.1 Å². The third-order valence-corrected chi connectivity index (χ3v) is 5.41. The van der Waals surface area contributed by atoms with Crippen molar-refractivity contribution in [1.29, 1.82) is 0 Å². The van der Waals surface area contributed by atoms with Gasteiger partial charge in [-0.2, -0.15) is 5.10 Å². The van der Waals surface area contributed by atoms with E-state index in [0.717, 1.165) is 39.6 Å². The second kappa shape index (κ2) is 8.98. The Hall–Kier alpha value is -4.06. The van der Waals surface area contributed by atoms with Crippen LogP contribution in [0.25, 0.3) is 16.9 Å². The first-order valence-corrected chi connectivity index (χ1v) is 10.6. The van der Waals surface area contributed by atoms with Gasteiger partial charge in [0.1, 0.15) is 0 Å². The van der Waals surface area contributed by atoms with Crippen molar-refractivity contribution in [3.8, 4) is 28.4 Å². The number of rotatable bonds is 7. The van der Waals surface area contributed by atoms with Gasteiger partial charge in [-0.05, 0) is 41.8 Å². The first kappa shape index (κ1) is 19.9. The van der Waals surface area contributed by atoms with Gasteiger partial charge in [0.05, 0.1) is 11.4 Å². The van der Waals surface area contributed by atoms with Crippen LogP contribution in [0, 0.1) is 0 Å². The molecule has 32 heavy (non-hydrogen) atoms. The van der Waals surface area contributed by atoms with Crippen molar-refractivity contribution < 1.29 is 14.3 Å². The van der Waals surface area contributed by atoms with E-state index in [0.29, 0.717) is 19.4 Å². The molecule has 0 fully saturated rings. The number of amides is 1.